The number of rotatable bonds is 4. The van der Waals surface area contributed by atoms with Crippen LogP contribution in [0, 0.1) is 6.92 Å². The van der Waals surface area contributed by atoms with Crippen molar-refractivity contribution in [3.05, 3.63) is 41.7 Å². The second-order valence-electron chi connectivity index (χ2n) is 3.98. The maximum absolute atomic E-state index is 5.57. The van der Waals surface area contributed by atoms with E-state index in [2.05, 4.69) is 20.5 Å². The van der Waals surface area contributed by atoms with E-state index in [1.165, 1.54) is 6.33 Å². The third-order valence-corrected chi connectivity index (χ3v) is 2.69. The number of pyridine rings is 1. The zero-order valence-corrected chi connectivity index (χ0v) is 9.96. The first-order chi connectivity index (χ1) is 8.20. The molecule has 0 aromatic carbocycles. The van der Waals surface area contributed by atoms with Gasteiger partial charge < -0.3 is 0 Å². The third kappa shape index (κ3) is 2.66. The highest BCUT2D eigenvalue weighted by Gasteiger charge is 2.14. The SMILES string of the molecule is Cc1ccnc(C(Cc2ncnn2C)NN)c1. The van der Waals surface area contributed by atoms with Crippen molar-refractivity contribution in [1.82, 2.24) is 25.2 Å². The number of nitrogens with two attached hydrogens (primary N) is 1. The van der Waals surface area contributed by atoms with Crippen LogP contribution in [0.5, 0.6) is 0 Å². The van der Waals surface area contributed by atoms with E-state index in [1.54, 1.807) is 10.9 Å². The molecule has 90 valence electrons. The zero-order chi connectivity index (χ0) is 12.3. The second kappa shape index (κ2) is 5.03. The van der Waals surface area contributed by atoms with Crippen molar-refractivity contribution in [2.24, 2.45) is 12.9 Å². The zero-order valence-electron chi connectivity index (χ0n) is 9.96. The summed E-state index contributed by atoms with van der Waals surface area (Å²) in [5.74, 6) is 6.45. The molecule has 17 heavy (non-hydrogen) atoms. The number of aryl methyl sites for hydroxylation is 2. The van der Waals surface area contributed by atoms with Crippen LogP contribution in [0.2, 0.25) is 0 Å². The lowest BCUT2D eigenvalue weighted by atomic mass is 10.1. The summed E-state index contributed by atoms with van der Waals surface area (Å²) in [6.07, 6.45) is 3.97. The van der Waals surface area contributed by atoms with Gasteiger partial charge in [-0.3, -0.25) is 20.9 Å². The Labute approximate surface area is 99.9 Å². The van der Waals surface area contributed by atoms with Crippen molar-refractivity contribution in [1.29, 1.82) is 0 Å². The van der Waals surface area contributed by atoms with Crippen molar-refractivity contribution in [2.75, 3.05) is 0 Å². The van der Waals surface area contributed by atoms with Crippen molar-refractivity contribution in [2.45, 2.75) is 19.4 Å². The molecular formula is C11H16N6. The normalized spacial score (nSPS) is 12.6. The topological polar surface area (TPSA) is 81.7 Å². The van der Waals surface area contributed by atoms with E-state index in [-0.39, 0.29) is 6.04 Å². The molecule has 3 N–H and O–H groups in total. The van der Waals surface area contributed by atoms with Crippen LogP contribution in [-0.2, 0) is 13.5 Å². The Kier molecular flexibility index (Phi) is 3.46. The molecule has 6 nitrogen and oxygen atoms in total. The first-order valence-electron chi connectivity index (χ1n) is 5.42. The van der Waals surface area contributed by atoms with Gasteiger partial charge in [0.1, 0.15) is 12.2 Å². The third-order valence-electron chi connectivity index (χ3n) is 2.69. The van der Waals surface area contributed by atoms with Gasteiger partial charge >= 0.3 is 0 Å². The van der Waals surface area contributed by atoms with E-state index in [9.17, 15) is 0 Å². The van der Waals surface area contributed by atoms with Crippen molar-refractivity contribution >= 4 is 0 Å². The fraction of sp³-hybridized carbons (Fsp3) is 0.364. The van der Waals surface area contributed by atoms with Crippen LogP contribution in [0.3, 0.4) is 0 Å². The molecule has 0 saturated heterocycles. The average Bonchev–Trinajstić information content (AvgIpc) is 2.71. The molecule has 0 aliphatic rings. The molecule has 0 radical (unpaired) electrons. The summed E-state index contributed by atoms with van der Waals surface area (Å²) < 4.78 is 1.74. The van der Waals surface area contributed by atoms with Gasteiger partial charge in [-0.1, -0.05) is 0 Å². The van der Waals surface area contributed by atoms with Crippen molar-refractivity contribution < 1.29 is 0 Å². The summed E-state index contributed by atoms with van der Waals surface area (Å²) in [5, 5.41) is 4.03. The average molecular weight is 232 g/mol. The predicted molar refractivity (Wildman–Crippen MR) is 63.7 cm³/mol. The Morgan fingerprint density at radius 3 is 2.88 bits per heavy atom. The molecule has 6 heteroatoms. The van der Waals surface area contributed by atoms with E-state index < -0.39 is 0 Å². The minimum absolute atomic E-state index is 0.0576. The largest absolute Gasteiger partial charge is 0.271 e. The molecule has 0 bridgehead atoms. The molecule has 2 aromatic rings. The quantitative estimate of drug-likeness (QED) is 0.584. The number of nitrogens with zero attached hydrogens (tertiary/aromatic N) is 4. The summed E-state index contributed by atoms with van der Waals surface area (Å²) in [7, 11) is 1.86. The molecule has 0 fully saturated rings. The Hall–Kier alpha value is -1.79. The molecule has 1 atom stereocenters. The Morgan fingerprint density at radius 1 is 1.47 bits per heavy atom. The van der Waals surface area contributed by atoms with Gasteiger partial charge in [-0.15, -0.1) is 0 Å². The van der Waals surface area contributed by atoms with Crippen LogP contribution >= 0.6 is 0 Å². The van der Waals surface area contributed by atoms with Gasteiger partial charge in [-0.25, -0.2) is 4.98 Å². The lowest BCUT2D eigenvalue weighted by molar-refractivity contribution is 0.512. The van der Waals surface area contributed by atoms with E-state index in [0.717, 1.165) is 17.1 Å². The summed E-state index contributed by atoms with van der Waals surface area (Å²) in [5.41, 5.74) is 4.84. The monoisotopic (exact) mass is 232 g/mol. The molecule has 2 rings (SSSR count). The van der Waals surface area contributed by atoms with Gasteiger partial charge in [0.2, 0.25) is 0 Å². The predicted octanol–water partition coefficient (Wildman–Crippen LogP) is 0.266. The van der Waals surface area contributed by atoms with E-state index in [4.69, 9.17) is 5.84 Å². The number of nitrogens with one attached hydrogen (secondary N) is 1. The number of aromatic nitrogens is 4. The Balaban J connectivity index is 2.20. The maximum atomic E-state index is 5.57. The standard InChI is InChI=1S/C11H16N6/c1-8-3-4-13-9(5-8)10(16-12)6-11-14-7-15-17(11)2/h3-5,7,10,16H,6,12H2,1-2H3. The van der Waals surface area contributed by atoms with Crippen LogP contribution in [0.25, 0.3) is 0 Å². The van der Waals surface area contributed by atoms with Crippen molar-refractivity contribution in [3.63, 3.8) is 0 Å². The molecule has 0 aliphatic carbocycles. The lowest BCUT2D eigenvalue weighted by Gasteiger charge is -2.15. The van der Waals surface area contributed by atoms with E-state index >= 15 is 0 Å². The van der Waals surface area contributed by atoms with Gasteiger partial charge in [0, 0.05) is 19.7 Å². The van der Waals surface area contributed by atoms with Crippen LogP contribution in [-0.4, -0.2) is 19.7 Å². The van der Waals surface area contributed by atoms with Gasteiger partial charge in [-0.05, 0) is 24.6 Å². The molecule has 1 unspecified atom stereocenters. The molecule has 0 aliphatic heterocycles. The summed E-state index contributed by atoms with van der Waals surface area (Å²) in [6, 6.07) is 3.91. The fourth-order valence-electron chi connectivity index (χ4n) is 1.69. The molecule has 0 amide bonds. The summed E-state index contributed by atoms with van der Waals surface area (Å²) in [6.45, 7) is 2.03. The van der Waals surface area contributed by atoms with E-state index in [0.29, 0.717) is 6.42 Å². The molecule has 0 saturated carbocycles. The Morgan fingerprint density at radius 2 is 2.29 bits per heavy atom. The molecule has 2 aromatic heterocycles. The summed E-state index contributed by atoms with van der Waals surface area (Å²) >= 11 is 0. The first kappa shape index (κ1) is 11.7. The maximum Gasteiger partial charge on any atom is 0.138 e. The highest BCUT2D eigenvalue weighted by atomic mass is 15.3. The summed E-state index contributed by atoms with van der Waals surface area (Å²) in [4.78, 5) is 8.50. The minimum Gasteiger partial charge on any atom is -0.271 e. The highest BCUT2D eigenvalue weighted by Crippen LogP contribution is 2.14. The van der Waals surface area contributed by atoms with Gasteiger partial charge in [0.15, 0.2) is 0 Å². The smallest absolute Gasteiger partial charge is 0.138 e. The lowest BCUT2D eigenvalue weighted by Crippen LogP contribution is -2.31. The fourth-order valence-corrected chi connectivity index (χ4v) is 1.69. The minimum atomic E-state index is -0.0576. The van der Waals surface area contributed by atoms with Gasteiger partial charge in [-0.2, -0.15) is 5.10 Å². The molecule has 2 heterocycles. The number of hydrogen-bond acceptors (Lipinski definition) is 5. The molecular weight excluding hydrogens is 216 g/mol. The number of hydrazine groups is 1. The molecule has 0 spiro atoms. The van der Waals surface area contributed by atoms with Crippen LogP contribution in [0.1, 0.15) is 23.1 Å². The highest BCUT2D eigenvalue weighted by molar-refractivity contribution is 5.18. The Bertz CT molecular complexity index is 492. The first-order valence-corrected chi connectivity index (χ1v) is 5.42. The van der Waals surface area contributed by atoms with Crippen LogP contribution in [0.4, 0.5) is 0 Å². The van der Waals surface area contributed by atoms with Gasteiger partial charge in [0.05, 0.1) is 11.7 Å². The number of hydrogen-bond donors (Lipinski definition) is 2. The second-order valence-corrected chi connectivity index (χ2v) is 3.98. The van der Waals surface area contributed by atoms with Gasteiger partial charge in [0.25, 0.3) is 0 Å². The van der Waals surface area contributed by atoms with Crippen molar-refractivity contribution in [3.8, 4) is 0 Å². The van der Waals surface area contributed by atoms with Crippen LogP contribution < -0.4 is 11.3 Å². The van der Waals surface area contributed by atoms with Crippen LogP contribution in [0.15, 0.2) is 24.7 Å². The van der Waals surface area contributed by atoms with E-state index in [1.807, 2.05) is 26.1 Å².